The van der Waals surface area contributed by atoms with Gasteiger partial charge in [-0.25, -0.2) is 9.97 Å². The summed E-state index contributed by atoms with van der Waals surface area (Å²) in [5.41, 5.74) is 1.95. The quantitative estimate of drug-likeness (QED) is 0.560. The smallest absolute Gasteiger partial charge is 0.227 e. The molecule has 1 atom stereocenters. The van der Waals surface area contributed by atoms with Crippen LogP contribution in [0, 0.1) is 0 Å². The van der Waals surface area contributed by atoms with E-state index in [1.54, 1.807) is 4.57 Å². The van der Waals surface area contributed by atoms with E-state index in [9.17, 15) is 4.21 Å². The normalized spacial score (nSPS) is 13.0. The Kier molecular flexibility index (Phi) is 2.58. The third kappa shape index (κ3) is 1.76. The predicted molar refractivity (Wildman–Crippen MR) is 76.6 cm³/mol. The highest BCUT2D eigenvalue weighted by atomic mass is 32.2. The minimum absolute atomic E-state index is 0.315. The molecule has 21 heavy (non-hydrogen) atoms. The van der Waals surface area contributed by atoms with Gasteiger partial charge < -0.3 is 4.42 Å². The predicted octanol–water partition coefficient (Wildman–Crippen LogP) is 1.69. The summed E-state index contributed by atoms with van der Waals surface area (Å²) in [5, 5.41) is 8.88. The van der Waals surface area contributed by atoms with Crippen molar-refractivity contribution in [3.8, 4) is 5.82 Å². The van der Waals surface area contributed by atoms with Gasteiger partial charge in [-0.05, 0) is 12.1 Å². The molecule has 0 aliphatic rings. The number of hydrogen-bond donors (Lipinski definition) is 0. The summed E-state index contributed by atoms with van der Waals surface area (Å²) in [7, 11) is -1.28. The van der Waals surface area contributed by atoms with Crippen LogP contribution in [0.15, 0.2) is 46.5 Å². The Hall–Kier alpha value is -2.61. The third-order valence-electron chi connectivity index (χ3n) is 3.14. The van der Waals surface area contributed by atoms with Gasteiger partial charge in [-0.15, -0.1) is 10.2 Å². The summed E-state index contributed by atoms with van der Waals surface area (Å²) in [6, 6.07) is 7.61. The zero-order valence-electron chi connectivity index (χ0n) is 10.9. The van der Waals surface area contributed by atoms with Crippen molar-refractivity contribution in [2.45, 2.75) is 5.16 Å². The van der Waals surface area contributed by atoms with Gasteiger partial charge in [0.25, 0.3) is 0 Å². The molecule has 0 aliphatic heterocycles. The first-order valence-electron chi connectivity index (χ1n) is 6.12. The van der Waals surface area contributed by atoms with Crippen molar-refractivity contribution in [1.29, 1.82) is 0 Å². The molecule has 0 unspecified atom stereocenters. The van der Waals surface area contributed by atoms with Crippen LogP contribution in [-0.4, -0.2) is 35.2 Å². The fourth-order valence-electron chi connectivity index (χ4n) is 2.25. The van der Waals surface area contributed by atoms with E-state index in [0.29, 0.717) is 22.1 Å². The topological polar surface area (TPSA) is 86.7 Å². The van der Waals surface area contributed by atoms with E-state index < -0.39 is 10.8 Å². The minimum Gasteiger partial charge on any atom is -0.450 e. The van der Waals surface area contributed by atoms with Gasteiger partial charge in [0.15, 0.2) is 11.4 Å². The van der Waals surface area contributed by atoms with Gasteiger partial charge in [0.05, 0.1) is 10.8 Å². The maximum atomic E-state index is 11.7. The van der Waals surface area contributed by atoms with Crippen molar-refractivity contribution in [2.75, 3.05) is 6.26 Å². The Morgan fingerprint density at radius 2 is 2.10 bits per heavy atom. The molecule has 0 amide bonds. The molecule has 0 N–H and O–H groups in total. The number of fused-ring (bicyclic) bond motifs is 3. The van der Waals surface area contributed by atoms with Gasteiger partial charge in [-0.1, -0.05) is 12.1 Å². The van der Waals surface area contributed by atoms with Crippen LogP contribution in [-0.2, 0) is 10.8 Å². The third-order valence-corrected chi connectivity index (χ3v) is 3.93. The highest BCUT2D eigenvalue weighted by Crippen LogP contribution is 2.29. The highest BCUT2D eigenvalue weighted by Gasteiger charge is 2.18. The summed E-state index contributed by atoms with van der Waals surface area (Å²) in [6.45, 7) is 0. The second-order valence-corrected chi connectivity index (χ2v) is 5.68. The Morgan fingerprint density at radius 1 is 1.24 bits per heavy atom. The van der Waals surface area contributed by atoms with Gasteiger partial charge in [-0.3, -0.25) is 8.78 Å². The first-order chi connectivity index (χ1) is 10.3. The molecule has 4 aromatic rings. The average molecular weight is 299 g/mol. The largest absolute Gasteiger partial charge is 0.450 e. The molecular formula is C13H9N5O2S. The average Bonchev–Trinajstić information content (AvgIpc) is 3.11. The lowest BCUT2D eigenvalue weighted by molar-refractivity contribution is 0.653. The number of benzene rings is 1. The molecular weight excluding hydrogens is 290 g/mol. The highest BCUT2D eigenvalue weighted by molar-refractivity contribution is 7.84. The lowest BCUT2D eigenvalue weighted by Gasteiger charge is -2.03. The zero-order chi connectivity index (χ0) is 14.4. The minimum atomic E-state index is -1.28. The van der Waals surface area contributed by atoms with Crippen molar-refractivity contribution < 1.29 is 8.63 Å². The lowest BCUT2D eigenvalue weighted by Crippen LogP contribution is -2.04. The molecule has 8 heteroatoms. The number of nitrogens with zero attached hydrogens (tertiary/aromatic N) is 5. The maximum Gasteiger partial charge on any atom is 0.227 e. The van der Waals surface area contributed by atoms with Crippen molar-refractivity contribution in [2.24, 2.45) is 0 Å². The van der Waals surface area contributed by atoms with Gasteiger partial charge >= 0.3 is 0 Å². The number of para-hydroxylation sites is 1. The van der Waals surface area contributed by atoms with Crippen molar-refractivity contribution in [1.82, 2.24) is 24.7 Å². The molecule has 0 radical (unpaired) electrons. The SMILES string of the molecule is C[S@@](=O)c1nncn1-c1ncnc2c1oc1ccccc12. The molecule has 3 heterocycles. The maximum absolute atomic E-state index is 11.7. The fraction of sp³-hybridized carbons (Fsp3) is 0.0769. The number of furan rings is 1. The Balaban J connectivity index is 2.09. The van der Waals surface area contributed by atoms with E-state index >= 15 is 0 Å². The van der Waals surface area contributed by atoms with Crippen molar-refractivity contribution >= 4 is 32.9 Å². The Bertz CT molecular complexity index is 990. The Labute approximate surface area is 121 Å². The number of rotatable bonds is 2. The van der Waals surface area contributed by atoms with Crippen LogP contribution in [0.5, 0.6) is 0 Å². The standard InChI is InChI=1S/C13H9N5O2S/c1-21(19)13-17-16-7-18(13)12-11-10(14-6-15-12)8-4-2-3-5-9(8)20-11/h2-7H,1H3/t21-/m1/s1. The monoisotopic (exact) mass is 299 g/mol. The van der Waals surface area contributed by atoms with Gasteiger partial charge in [-0.2, -0.15) is 0 Å². The van der Waals surface area contributed by atoms with Crippen LogP contribution in [0.2, 0.25) is 0 Å². The van der Waals surface area contributed by atoms with Crippen LogP contribution in [0.3, 0.4) is 0 Å². The molecule has 0 spiro atoms. The number of hydrogen-bond acceptors (Lipinski definition) is 6. The second-order valence-electron chi connectivity index (χ2n) is 4.41. The molecule has 0 saturated heterocycles. The summed E-state index contributed by atoms with van der Waals surface area (Å²) >= 11 is 0. The van der Waals surface area contributed by atoms with Crippen LogP contribution < -0.4 is 0 Å². The molecule has 1 aromatic carbocycles. The van der Waals surface area contributed by atoms with E-state index in [1.807, 2.05) is 24.3 Å². The van der Waals surface area contributed by atoms with E-state index in [-0.39, 0.29) is 0 Å². The van der Waals surface area contributed by atoms with Gasteiger partial charge in [0.2, 0.25) is 5.16 Å². The van der Waals surface area contributed by atoms with E-state index in [2.05, 4.69) is 20.2 Å². The zero-order valence-corrected chi connectivity index (χ0v) is 11.7. The summed E-state index contributed by atoms with van der Waals surface area (Å²) in [4.78, 5) is 8.51. The molecule has 0 saturated carbocycles. The fourth-order valence-corrected chi connectivity index (χ4v) is 2.82. The molecule has 0 bridgehead atoms. The molecule has 3 aromatic heterocycles. The molecule has 0 fully saturated rings. The lowest BCUT2D eigenvalue weighted by atomic mass is 10.2. The first kappa shape index (κ1) is 12.2. The van der Waals surface area contributed by atoms with E-state index in [1.165, 1.54) is 18.9 Å². The summed E-state index contributed by atoms with van der Waals surface area (Å²) < 4.78 is 19.1. The molecule has 4 rings (SSSR count). The Morgan fingerprint density at radius 3 is 2.95 bits per heavy atom. The van der Waals surface area contributed by atoms with Crippen LogP contribution in [0.4, 0.5) is 0 Å². The first-order valence-corrected chi connectivity index (χ1v) is 7.67. The van der Waals surface area contributed by atoms with Gasteiger partial charge in [0, 0.05) is 11.6 Å². The van der Waals surface area contributed by atoms with Crippen LogP contribution >= 0.6 is 0 Å². The number of aromatic nitrogens is 5. The second kappa shape index (κ2) is 4.45. The summed E-state index contributed by atoms with van der Waals surface area (Å²) in [6.07, 6.45) is 4.45. The molecule has 0 aliphatic carbocycles. The molecule has 7 nitrogen and oxygen atoms in total. The van der Waals surface area contributed by atoms with Crippen molar-refractivity contribution in [3.05, 3.63) is 36.9 Å². The summed E-state index contributed by atoms with van der Waals surface area (Å²) in [5.74, 6) is 0.478. The van der Waals surface area contributed by atoms with Crippen molar-refractivity contribution in [3.63, 3.8) is 0 Å². The van der Waals surface area contributed by atoms with Gasteiger partial charge in [0.1, 0.15) is 23.8 Å². The van der Waals surface area contributed by atoms with E-state index in [4.69, 9.17) is 4.42 Å². The van der Waals surface area contributed by atoms with E-state index in [0.717, 1.165) is 11.0 Å². The van der Waals surface area contributed by atoms with Crippen LogP contribution in [0.1, 0.15) is 0 Å². The van der Waals surface area contributed by atoms with Crippen LogP contribution in [0.25, 0.3) is 27.9 Å². The molecule has 104 valence electrons.